The molecular formula is C19H22N4O2. The molecule has 0 spiro atoms. The van der Waals surface area contributed by atoms with Crippen LogP contribution in [-0.4, -0.2) is 28.1 Å². The molecule has 130 valence electrons. The molecule has 0 aliphatic rings. The molecule has 0 fully saturated rings. The fraction of sp³-hybridized carbons (Fsp3) is 0.316. The number of aromatic nitrogens is 2. The Bertz CT molecular complexity index is 921. The van der Waals surface area contributed by atoms with Crippen molar-refractivity contribution < 1.29 is 9.32 Å². The van der Waals surface area contributed by atoms with Gasteiger partial charge in [0.25, 0.3) is 11.6 Å². The van der Waals surface area contributed by atoms with Gasteiger partial charge in [0.15, 0.2) is 0 Å². The number of nitrogens with one attached hydrogen (secondary N) is 1. The minimum atomic E-state index is -0.495. The lowest BCUT2D eigenvalue weighted by molar-refractivity contribution is 0.0947. The Balaban J connectivity index is 2.07. The summed E-state index contributed by atoms with van der Waals surface area (Å²) in [5.41, 5.74) is 9.68. The fourth-order valence-electron chi connectivity index (χ4n) is 2.55. The molecule has 0 aliphatic heterocycles. The normalized spacial score (nSPS) is 11.7. The molecule has 0 radical (unpaired) electrons. The highest BCUT2D eigenvalue weighted by atomic mass is 16.5. The Kier molecular flexibility index (Phi) is 4.30. The molecule has 0 aliphatic carbocycles. The minimum Gasteiger partial charge on any atom is -0.350 e. The molecule has 6 nitrogen and oxygen atoms in total. The van der Waals surface area contributed by atoms with Crippen LogP contribution >= 0.6 is 0 Å². The smallest absolute Gasteiger partial charge is 0.259 e. The number of nitrogens with two attached hydrogens (primary N) is 1. The third-order valence-electron chi connectivity index (χ3n) is 3.91. The predicted molar refractivity (Wildman–Crippen MR) is 97.3 cm³/mol. The minimum absolute atomic E-state index is 0.217. The van der Waals surface area contributed by atoms with Crippen molar-refractivity contribution in [1.29, 1.82) is 0 Å². The van der Waals surface area contributed by atoms with Crippen LogP contribution in [0.1, 0.15) is 35.5 Å². The summed E-state index contributed by atoms with van der Waals surface area (Å²) in [4.78, 5) is 17.2. The summed E-state index contributed by atoms with van der Waals surface area (Å²) in [5, 5.41) is 7.46. The van der Waals surface area contributed by atoms with Crippen molar-refractivity contribution in [3.8, 4) is 11.3 Å². The van der Waals surface area contributed by atoms with Crippen LogP contribution in [-0.2, 0) is 0 Å². The molecule has 2 heterocycles. The fourth-order valence-corrected chi connectivity index (χ4v) is 2.55. The molecule has 3 aromatic rings. The second-order valence-electron chi connectivity index (χ2n) is 7.04. The first-order chi connectivity index (χ1) is 11.7. The molecule has 1 amide bonds. The van der Waals surface area contributed by atoms with Crippen molar-refractivity contribution >= 4 is 17.0 Å². The molecule has 0 bridgehead atoms. The molecular weight excluding hydrogens is 316 g/mol. The van der Waals surface area contributed by atoms with Crippen LogP contribution in [0.25, 0.3) is 22.4 Å². The number of rotatable bonds is 4. The van der Waals surface area contributed by atoms with Crippen molar-refractivity contribution in [1.82, 2.24) is 15.5 Å². The van der Waals surface area contributed by atoms with Crippen LogP contribution in [0.15, 0.2) is 34.9 Å². The summed E-state index contributed by atoms with van der Waals surface area (Å²) in [5.74, 6) is -0.217. The van der Waals surface area contributed by atoms with Crippen molar-refractivity contribution in [2.45, 2.75) is 33.2 Å². The van der Waals surface area contributed by atoms with Gasteiger partial charge >= 0.3 is 0 Å². The zero-order valence-electron chi connectivity index (χ0n) is 14.9. The van der Waals surface area contributed by atoms with Gasteiger partial charge in [-0.25, -0.2) is 4.98 Å². The van der Waals surface area contributed by atoms with Crippen LogP contribution in [0.5, 0.6) is 0 Å². The first-order valence-corrected chi connectivity index (χ1v) is 8.16. The van der Waals surface area contributed by atoms with Gasteiger partial charge in [0.05, 0.1) is 22.3 Å². The molecule has 2 aromatic heterocycles. The molecule has 1 aromatic carbocycles. The van der Waals surface area contributed by atoms with E-state index in [2.05, 4.69) is 15.5 Å². The summed E-state index contributed by atoms with van der Waals surface area (Å²) < 4.78 is 5.30. The monoisotopic (exact) mass is 338 g/mol. The van der Waals surface area contributed by atoms with Gasteiger partial charge in [0, 0.05) is 17.6 Å². The number of aryl methyl sites for hydroxylation is 2. The van der Waals surface area contributed by atoms with Gasteiger partial charge in [-0.3, -0.25) is 4.79 Å². The lowest BCUT2D eigenvalue weighted by Crippen LogP contribution is -2.45. The number of hydrogen-bond acceptors (Lipinski definition) is 5. The second-order valence-corrected chi connectivity index (χ2v) is 7.04. The number of carbonyl (C=O) groups excluding carboxylic acids is 1. The van der Waals surface area contributed by atoms with Crippen LogP contribution < -0.4 is 11.1 Å². The first kappa shape index (κ1) is 17.1. The predicted octanol–water partition coefficient (Wildman–Crippen LogP) is 2.97. The average Bonchev–Trinajstić information content (AvgIpc) is 2.93. The lowest BCUT2D eigenvalue weighted by Gasteiger charge is -2.19. The molecule has 3 N–H and O–H groups in total. The Labute approximate surface area is 146 Å². The van der Waals surface area contributed by atoms with Crippen LogP contribution in [0.3, 0.4) is 0 Å². The maximum Gasteiger partial charge on any atom is 0.259 e. The van der Waals surface area contributed by atoms with Crippen molar-refractivity contribution in [2.75, 3.05) is 6.54 Å². The van der Waals surface area contributed by atoms with E-state index in [0.717, 1.165) is 11.1 Å². The summed E-state index contributed by atoms with van der Waals surface area (Å²) in [6, 6.07) is 9.72. The zero-order chi connectivity index (χ0) is 18.2. The van der Waals surface area contributed by atoms with Gasteiger partial charge in [0.2, 0.25) is 0 Å². The van der Waals surface area contributed by atoms with Gasteiger partial charge in [0.1, 0.15) is 0 Å². The van der Waals surface area contributed by atoms with E-state index < -0.39 is 5.54 Å². The summed E-state index contributed by atoms with van der Waals surface area (Å²) in [6.07, 6.45) is 0. The molecule has 6 heteroatoms. The third kappa shape index (κ3) is 3.69. The number of hydrogen-bond donors (Lipinski definition) is 2. The highest BCUT2D eigenvalue weighted by Gasteiger charge is 2.20. The van der Waals surface area contributed by atoms with E-state index in [1.165, 1.54) is 0 Å². The van der Waals surface area contributed by atoms with Gasteiger partial charge in [-0.05, 0) is 33.8 Å². The maximum absolute atomic E-state index is 12.7. The molecule has 3 rings (SSSR count). The Morgan fingerprint density at radius 3 is 2.56 bits per heavy atom. The zero-order valence-corrected chi connectivity index (χ0v) is 14.9. The molecule has 25 heavy (non-hydrogen) atoms. The topological polar surface area (TPSA) is 94.0 Å². The van der Waals surface area contributed by atoms with Gasteiger partial charge < -0.3 is 15.6 Å². The molecule has 0 saturated heterocycles. The summed E-state index contributed by atoms with van der Waals surface area (Å²) in [7, 11) is 0. The van der Waals surface area contributed by atoms with E-state index in [1.807, 2.05) is 45.0 Å². The van der Waals surface area contributed by atoms with E-state index in [-0.39, 0.29) is 5.91 Å². The lowest BCUT2D eigenvalue weighted by atomic mass is 10.0. The molecule has 0 unspecified atom stereocenters. The first-order valence-electron chi connectivity index (χ1n) is 8.16. The van der Waals surface area contributed by atoms with Crippen LogP contribution in [0.4, 0.5) is 0 Å². The largest absolute Gasteiger partial charge is 0.350 e. The Hall–Kier alpha value is -2.73. The Morgan fingerprint density at radius 2 is 1.92 bits per heavy atom. The Morgan fingerprint density at radius 1 is 1.24 bits per heavy atom. The quantitative estimate of drug-likeness (QED) is 0.763. The highest BCUT2D eigenvalue weighted by Crippen LogP contribution is 2.27. The third-order valence-corrected chi connectivity index (χ3v) is 3.91. The van der Waals surface area contributed by atoms with Gasteiger partial charge in [-0.2, -0.15) is 0 Å². The van der Waals surface area contributed by atoms with Crippen LogP contribution in [0.2, 0.25) is 0 Å². The molecule has 0 saturated carbocycles. The van der Waals surface area contributed by atoms with Gasteiger partial charge in [-0.15, -0.1) is 0 Å². The number of carbonyl (C=O) groups is 1. The number of pyridine rings is 1. The van der Waals surface area contributed by atoms with E-state index in [4.69, 9.17) is 10.3 Å². The summed E-state index contributed by atoms with van der Waals surface area (Å²) in [6.45, 7) is 7.89. The van der Waals surface area contributed by atoms with Crippen molar-refractivity contribution in [2.24, 2.45) is 5.73 Å². The van der Waals surface area contributed by atoms with Crippen LogP contribution in [0, 0.1) is 13.8 Å². The van der Waals surface area contributed by atoms with Crippen molar-refractivity contribution in [3.05, 3.63) is 47.2 Å². The van der Waals surface area contributed by atoms with E-state index in [1.54, 1.807) is 13.0 Å². The van der Waals surface area contributed by atoms with Crippen molar-refractivity contribution in [3.63, 3.8) is 0 Å². The SMILES string of the molecule is Cc1ccc(-c2cc(C(=O)NCC(C)(C)N)c3c(C)noc3n2)cc1. The standard InChI is InChI=1S/C19H22N4O2/c1-11-5-7-13(8-6-11)15-9-14(17(24)21-10-19(3,4)20)16-12(2)23-25-18(16)22-15/h5-9H,10,20H2,1-4H3,(H,21,24). The number of fused-ring (bicyclic) bond motifs is 1. The number of benzene rings is 1. The number of amides is 1. The number of nitrogens with zero attached hydrogens (tertiary/aromatic N) is 2. The van der Waals surface area contributed by atoms with Gasteiger partial charge in [-0.1, -0.05) is 35.0 Å². The van der Waals surface area contributed by atoms with E-state index in [9.17, 15) is 4.79 Å². The van der Waals surface area contributed by atoms with E-state index >= 15 is 0 Å². The second kappa shape index (κ2) is 6.29. The van der Waals surface area contributed by atoms with E-state index in [0.29, 0.717) is 34.6 Å². The highest BCUT2D eigenvalue weighted by molar-refractivity contribution is 6.07. The maximum atomic E-state index is 12.7. The average molecular weight is 338 g/mol. The summed E-state index contributed by atoms with van der Waals surface area (Å²) >= 11 is 0. The molecule has 0 atom stereocenters.